The van der Waals surface area contributed by atoms with Crippen LogP contribution in [0.25, 0.3) is 5.69 Å². The van der Waals surface area contributed by atoms with Crippen molar-refractivity contribution in [3.8, 4) is 5.69 Å². The molecule has 27 heavy (non-hydrogen) atoms. The first-order valence-electron chi connectivity index (χ1n) is 8.31. The summed E-state index contributed by atoms with van der Waals surface area (Å²) in [5, 5.41) is 4.13. The summed E-state index contributed by atoms with van der Waals surface area (Å²) in [6.07, 6.45) is 3.33. The Bertz CT molecular complexity index is 1040. The summed E-state index contributed by atoms with van der Waals surface area (Å²) in [5.74, 6) is -0.605. The van der Waals surface area contributed by atoms with E-state index in [2.05, 4.69) is 9.82 Å². The van der Waals surface area contributed by atoms with Crippen LogP contribution < -0.4 is 4.72 Å². The summed E-state index contributed by atoms with van der Waals surface area (Å²) in [5.41, 5.74) is 1.81. The molecule has 0 aliphatic rings. The molecule has 0 aliphatic carbocycles. The third-order valence-electron chi connectivity index (χ3n) is 3.84. The number of hydrogen-bond donors (Lipinski definition) is 1. The van der Waals surface area contributed by atoms with Gasteiger partial charge in [-0.3, -0.25) is 4.72 Å². The number of carbonyl (C=O) groups excluding carboxylic acids is 1. The maximum absolute atomic E-state index is 12.8. The van der Waals surface area contributed by atoms with Crippen molar-refractivity contribution in [1.29, 1.82) is 0 Å². The molecule has 7 nitrogen and oxygen atoms in total. The van der Waals surface area contributed by atoms with Crippen molar-refractivity contribution >= 4 is 21.7 Å². The molecule has 0 bridgehead atoms. The van der Waals surface area contributed by atoms with Crippen molar-refractivity contribution in [2.24, 2.45) is 0 Å². The first-order chi connectivity index (χ1) is 12.9. The minimum atomic E-state index is -3.87. The molecule has 0 atom stereocenters. The van der Waals surface area contributed by atoms with Crippen LogP contribution in [0.3, 0.4) is 0 Å². The molecule has 3 aromatic rings. The second kappa shape index (κ2) is 7.63. The van der Waals surface area contributed by atoms with Crippen molar-refractivity contribution in [3.05, 3.63) is 72.1 Å². The van der Waals surface area contributed by atoms with Gasteiger partial charge in [-0.1, -0.05) is 17.7 Å². The Hall–Kier alpha value is -3.13. The number of nitrogens with zero attached hydrogens (tertiary/aromatic N) is 2. The van der Waals surface area contributed by atoms with E-state index in [1.807, 2.05) is 6.92 Å². The van der Waals surface area contributed by atoms with Gasteiger partial charge in [0.25, 0.3) is 10.0 Å². The summed E-state index contributed by atoms with van der Waals surface area (Å²) in [6.45, 7) is 3.74. The van der Waals surface area contributed by atoms with Gasteiger partial charge in [0.15, 0.2) is 0 Å². The van der Waals surface area contributed by atoms with Crippen molar-refractivity contribution < 1.29 is 17.9 Å². The van der Waals surface area contributed by atoms with Crippen LogP contribution >= 0.6 is 0 Å². The van der Waals surface area contributed by atoms with Crippen LogP contribution in [0.1, 0.15) is 22.8 Å². The average molecular weight is 385 g/mol. The molecule has 0 amide bonds. The number of carbonyl (C=O) groups is 1. The first-order valence-corrected chi connectivity index (χ1v) is 9.79. The van der Waals surface area contributed by atoms with Crippen molar-refractivity contribution in [1.82, 2.24) is 9.78 Å². The summed E-state index contributed by atoms with van der Waals surface area (Å²) in [4.78, 5) is 12.4. The van der Waals surface area contributed by atoms with E-state index in [-0.39, 0.29) is 22.8 Å². The number of benzene rings is 2. The fraction of sp³-hybridized carbons (Fsp3) is 0.158. The van der Waals surface area contributed by atoms with Gasteiger partial charge in [-0.25, -0.2) is 17.9 Å². The Morgan fingerprint density at radius 1 is 1.19 bits per heavy atom. The summed E-state index contributed by atoms with van der Waals surface area (Å²) >= 11 is 0. The fourth-order valence-corrected chi connectivity index (χ4v) is 3.56. The molecule has 0 fully saturated rings. The molecule has 3 rings (SSSR count). The third kappa shape index (κ3) is 4.17. The standard InChI is InChI=1S/C19H19N3O4S/c1-3-26-19(23)17-10-7-15(22-12-4-11-20-22)13-18(17)21-27(24,25)16-8-5-14(2)6-9-16/h4-13,21H,3H2,1-2H3. The number of anilines is 1. The Morgan fingerprint density at radius 3 is 2.56 bits per heavy atom. The van der Waals surface area contributed by atoms with Crippen LogP contribution in [0.2, 0.25) is 0 Å². The second-order valence-electron chi connectivity index (χ2n) is 5.82. The van der Waals surface area contributed by atoms with E-state index in [0.717, 1.165) is 5.56 Å². The minimum Gasteiger partial charge on any atom is -0.462 e. The molecule has 140 valence electrons. The van der Waals surface area contributed by atoms with Crippen molar-refractivity contribution in [3.63, 3.8) is 0 Å². The number of aryl methyl sites for hydroxylation is 1. The molecule has 8 heteroatoms. The normalized spacial score (nSPS) is 11.2. The highest BCUT2D eigenvalue weighted by Gasteiger charge is 2.20. The van der Waals surface area contributed by atoms with Crippen LogP contribution in [0.15, 0.2) is 65.8 Å². The van der Waals surface area contributed by atoms with E-state index in [1.165, 1.54) is 18.2 Å². The zero-order valence-electron chi connectivity index (χ0n) is 14.9. The van der Waals surface area contributed by atoms with Crippen LogP contribution in [-0.2, 0) is 14.8 Å². The van der Waals surface area contributed by atoms with Gasteiger partial charge in [-0.15, -0.1) is 0 Å². The van der Waals surface area contributed by atoms with Crippen LogP contribution in [0.4, 0.5) is 5.69 Å². The Kier molecular flexibility index (Phi) is 5.27. The van der Waals surface area contributed by atoms with Crippen molar-refractivity contribution in [2.75, 3.05) is 11.3 Å². The predicted molar refractivity (Wildman–Crippen MR) is 102 cm³/mol. The van der Waals surface area contributed by atoms with Crippen LogP contribution in [0, 0.1) is 6.92 Å². The fourth-order valence-electron chi connectivity index (χ4n) is 2.49. The predicted octanol–water partition coefficient (Wildman–Crippen LogP) is 3.16. The van der Waals surface area contributed by atoms with Gasteiger partial charge in [0.2, 0.25) is 0 Å². The number of aromatic nitrogens is 2. The van der Waals surface area contributed by atoms with E-state index in [1.54, 1.807) is 54.3 Å². The summed E-state index contributed by atoms with van der Waals surface area (Å²) in [7, 11) is -3.87. The van der Waals surface area contributed by atoms with Gasteiger partial charge in [0.1, 0.15) is 0 Å². The first kappa shape index (κ1) is 18.7. The molecule has 0 spiro atoms. The Morgan fingerprint density at radius 2 is 1.93 bits per heavy atom. The Labute approximate surface area is 157 Å². The topological polar surface area (TPSA) is 90.3 Å². The summed E-state index contributed by atoms with van der Waals surface area (Å²) in [6, 6.07) is 12.9. The lowest BCUT2D eigenvalue weighted by Crippen LogP contribution is -2.17. The molecular weight excluding hydrogens is 366 g/mol. The zero-order valence-corrected chi connectivity index (χ0v) is 15.7. The highest BCUT2D eigenvalue weighted by Crippen LogP contribution is 2.24. The maximum atomic E-state index is 12.8. The number of ether oxygens (including phenoxy) is 1. The lowest BCUT2D eigenvalue weighted by Gasteiger charge is -2.14. The highest BCUT2D eigenvalue weighted by atomic mass is 32.2. The number of esters is 1. The lowest BCUT2D eigenvalue weighted by molar-refractivity contribution is 0.0527. The van der Waals surface area contributed by atoms with Gasteiger partial charge >= 0.3 is 5.97 Å². The number of sulfonamides is 1. The molecule has 1 N–H and O–H groups in total. The quantitative estimate of drug-likeness (QED) is 0.658. The molecule has 2 aromatic carbocycles. The second-order valence-corrected chi connectivity index (χ2v) is 7.50. The van der Waals surface area contributed by atoms with E-state index >= 15 is 0 Å². The number of hydrogen-bond acceptors (Lipinski definition) is 5. The highest BCUT2D eigenvalue weighted by molar-refractivity contribution is 7.92. The van der Waals surface area contributed by atoms with Gasteiger partial charge in [0, 0.05) is 12.4 Å². The van der Waals surface area contributed by atoms with Crippen LogP contribution in [-0.4, -0.2) is 30.8 Å². The number of rotatable bonds is 6. The Balaban J connectivity index is 2.04. The summed E-state index contributed by atoms with van der Waals surface area (Å²) < 4.78 is 34.6. The third-order valence-corrected chi connectivity index (χ3v) is 5.22. The monoisotopic (exact) mass is 385 g/mol. The maximum Gasteiger partial charge on any atom is 0.340 e. The number of nitrogens with one attached hydrogen (secondary N) is 1. The molecule has 0 saturated heterocycles. The van der Waals surface area contributed by atoms with E-state index < -0.39 is 16.0 Å². The molecule has 0 saturated carbocycles. The van der Waals surface area contributed by atoms with Gasteiger partial charge in [-0.2, -0.15) is 5.10 Å². The molecule has 0 aliphatic heterocycles. The SMILES string of the molecule is CCOC(=O)c1ccc(-n2cccn2)cc1NS(=O)(=O)c1ccc(C)cc1. The molecule has 1 heterocycles. The van der Waals surface area contributed by atoms with E-state index in [9.17, 15) is 13.2 Å². The van der Waals surface area contributed by atoms with E-state index in [0.29, 0.717) is 5.69 Å². The van der Waals surface area contributed by atoms with Gasteiger partial charge in [0.05, 0.1) is 28.4 Å². The van der Waals surface area contributed by atoms with Crippen molar-refractivity contribution in [2.45, 2.75) is 18.7 Å². The van der Waals surface area contributed by atoms with Gasteiger partial charge < -0.3 is 4.74 Å². The van der Waals surface area contributed by atoms with E-state index in [4.69, 9.17) is 4.74 Å². The van der Waals surface area contributed by atoms with Gasteiger partial charge in [-0.05, 0) is 50.2 Å². The molecule has 1 aromatic heterocycles. The van der Waals surface area contributed by atoms with Crippen LogP contribution in [0.5, 0.6) is 0 Å². The smallest absolute Gasteiger partial charge is 0.340 e. The largest absolute Gasteiger partial charge is 0.462 e. The molecular formula is C19H19N3O4S. The molecule has 0 unspecified atom stereocenters. The minimum absolute atomic E-state index is 0.104. The average Bonchev–Trinajstić information content (AvgIpc) is 3.16. The zero-order chi connectivity index (χ0) is 19.4. The lowest BCUT2D eigenvalue weighted by atomic mass is 10.1. The molecule has 0 radical (unpaired) electrons.